The quantitative estimate of drug-likeness (QED) is 0.784. The number of rotatable bonds is 5. The minimum absolute atomic E-state index is 0.122. The van der Waals surface area contributed by atoms with Crippen molar-refractivity contribution in [2.45, 2.75) is 19.6 Å². The smallest absolute Gasteiger partial charge is 0.416 e. The second-order valence-corrected chi connectivity index (χ2v) is 6.08. The fourth-order valence-corrected chi connectivity index (χ4v) is 2.88. The first kappa shape index (κ1) is 19.5. The predicted octanol–water partition coefficient (Wildman–Crippen LogP) is 3.94. The van der Waals surface area contributed by atoms with Gasteiger partial charge >= 0.3 is 6.18 Å². The Morgan fingerprint density at radius 3 is 2.32 bits per heavy atom. The van der Waals surface area contributed by atoms with Crippen molar-refractivity contribution in [3.8, 4) is 5.75 Å². The highest BCUT2D eigenvalue weighted by Gasteiger charge is 2.39. The topological polar surface area (TPSA) is 66.8 Å². The maximum atomic E-state index is 12.9. The third-order valence-electron chi connectivity index (χ3n) is 4.19. The fraction of sp³-hybridized carbons (Fsp3) is 0.200. The van der Waals surface area contributed by atoms with E-state index in [4.69, 9.17) is 4.74 Å². The first-order valence-electron chi connectivity index (χ1n) is 8.41. The molecule has 0 spiro atoms. The molecule has 2 amide bonds. The summed E-state index contributed by atoms with van der Waals surface area (Å²) < 4.78 is 43.9. The van der Waals surface area contributed by atoms with E-state index in [0.717, 1.165) is 17.0 Å². The van der Waals surface area contributed by atoms with Crippen molar-refractivity contribution in [1.29, 1.82) is 0 Å². The van der Waals surface area contributed by atoms with Gasteiger partial charge in [0.05, 0.1) is 24.3 Å². The summed E-state index contributed by atoms with van der Waals surface area (Å²) in [6.45, 7) is 1.88. The number of ether oxygens (including phenoxy) is 1. The van der Waals surface area contributed by atoms with Crippen LogP contribution in [0.15, 0.2) is 54.3 Å². The van der Waals surface area contributed by atoms with Crippen LogP contribution in [0, 0.1) is 0 Å². The Labute approximate surface area is 158 Å². The van der Waals surface area contributed by atoms with Gasteiger partial charge in [-0.2, -0.15) is 13.2 Å². The van der Waals surface area contributed by atoms with E-state index in [1.54, 1.807) is 12.1 Å². The molecular formula is C20H16F3NO4. The zero-order valence-electron chi connectivity index (χ0n) is 14.8. The zero-order chi connectivity index (χ0) is 20.5. The number of amides is 2. The Morgan fingerprint density at radius 1 is 1.04 bits per heavy atom. The van der Waals surface area contributed by atoms with Crippen LogP contribution in [-0.4, -0.2) is 28.4 Å². The van der Waals surface area contributed by atoms with Gasteiger partial charge in [-0.05, 0) is 42.3 Å². The first-order chi connectivity index (χ1) is 13.2. The number of nitrogens with zero attached hydrogens (tertiary/aromatic N) is 1. The van der Waals surface area contributed by atoms with Gasteiger partial charge in [0.25, 0.3) is 11.8 Å². The number of imide groups is 1. The van der Waals surface area contributed by atoms with E-state index in [-0.39, 0.29) is 17.7 Å². The SMILES string of the molecule is CCOc1ccc(C2=C(O)C(=O)N(Cc3cccc(C(F)(F)F)c3)C2=O)cc1. The molecule has 0 bridgehead atoms. The van der Waals surface area contributed by atoms with E-state index in [2.05, 4.69) is 0 Å². The maximum absolute atomic E-state index is 12.9. The minimum atomic E-state index is -4.54. The van der Waals surface area contributed by atoms with Crippen molar-refractivity contribution in [3.63, 3.8) is 0 Å². The molecule has 2 aromatic carbocycles. The lowest BCUT2D eigenvalue weighted by molar-refractivity contribution is -0.138. The molecule has 0 radical (unpaired) electrons. The van der Waals surface area contributed by atoms with Gasteiger partial charge in [-0.1, -0.05) is 24.3 Å². The molecule has 0 fully saturated rings. The summed E-state index contributed by atoms with van der Waals surface area (Å²) in [5.41, 5.74) is -0.642. The van der Waals surface area contributed by atoms with Crippen molar-refractivity contribution in [3.05, 3.63) is 71.0 Å². The predicted molar refractivity (Wildman–Crippen MR) is 94.2 cm³/mol. The number of halogens is 3. The number of benzene rings is 2. The highest BCUT2D eigenvalue weighted by Crippen LogP contribution is 2.32. The molecule has 5 nitrogen and oxygen atoms in total. The van der Waals surface area contributed by atoms with Crippen molar-refractivity contribution in [2.75, 3.05) is 6.61 Å². The second kappa shape index (κ2) is 7.38. The average Bonchev–Trinajstić information content (AvgIpc) is 2.86. The first-order valence-corrected chi connectivity index (χ1v) is 8.41. The molecule has 146 valence electrons. The lowest BCUT2D eigenvalue weighted by Gasteiger charge is -2.16. The standard InChI is InChI=1S/C20H16F3NO4/c1-2-28-15-8-6-13(7-9-15)16-17(25)19(27)24(18(16)26)11-12-4-3-5-14(10-12)20(21,22)23/h3-10,25H,2,11H2,1H3. The van der Waals surface area contributed by atoms with E-state index in [9.17, 15) is 27.9 Å². The van der Waals surface area contributed by atoms with Crippen LogP contribution in [-0.2, 0) is 22.3 Å². The monoisotopic (exact) mass is 391 g/mol. The van der Waals surface area contributed by atoms with E-state index >= 15 is 0 Å². The van der Waals surface area contributed by atoms with Crippen molar-refractivity contribution in [2.24, 2.45) is 0 Å². The lowest BCUT2D eigenvalue weighted by Crippen LogP contribution is -2.31. The minimum Gasteiger partial charge on any atom is -0.502 e. The summed E-state index contributed by atoms with van der Waals surface area (Å²) in [5, 5.41) is 10.1. The number of aliphatic hydroxyl groups is 1. The molecule has 1 aliphatic rings. The Kier molecular flexibility index (Phi) is 5.13. The van der Waals surface area contributed by atoms with Crippen molar-refractivity contribution < 1.29 is 32.6 Å². The average molecular weight is 391 g/mol. The van der Waals surface area contributed by atoms with E-state index in [1.807, 2.05) is 6.92 Å². The Bertz CT molecular complexity index is 949. The molecule has 3 rings (SSSR count). The summed E-state index contributed by atoms with van der Waals surface area (Å²) in [6.07, 6.45) is -4.54. The van der Waals surface area contributed by atoms with Crippen LogP contribution in [0.2, 0.25) is 0 Å². The second-order valence-electron chi connectivity index (χ2n) is 6.08. The van der Waals surface area contributed by atoms with Gasteiger partial charge in [0.15, 0.2) is 5.76 Å². The van der Waals surface area contributed by atoms with Crippen LogP contribution >= 0.6 is 0 Å². The van der Waals surface area contributed by atoms with Crippen LogP contribution < -0.4 is 4.74 Å². The highest BCUT2D eigenvalue weighted by atomic mass is 19.4. The number of alkyl halides is 3. The molecule has 0 saturated heterocycles. The van der Waals surface area contributed by atoms with Crippen LogP contribution in [0.5, 0.6) is 5.75 Å². The summed E-state index contributed by atoms with van der Waals surface area (Å²) in [6, 6.07) is 10.6. The summed E-state index contributed by atoms with van der Waals surface area (Å²) in [4.78, 5) is 25.7. The molecule has 0 aromatic heterocycles. The normalized spacial score (nSPS) is 14.8. The molecule has 0 aliphatic carbocycles. The molecule has 1 aliphatic heterocycles. The van der Waals surface area contributed by atoms with Crippen LogP contribution in [0.3, 0.4) is 0 Å². The van der Waals surface area contributed by atoms with Gasteiger partial charge in [0.1, 0.15) is 5.75 Å². The van der Waals surface area contributed by atoms with Crippen molar-refractivity contribution >= 4 is 17.4 Å². The zero-order valence-corrected chi connectivity index (χ0v) is 14.8. The van der Waals surface area contributed by atoms with E-state index in [0.29, 0.717) is 17.9 Å². The van der Waals surface area contributed by atoms with Gasteiger partial charge in [-0.25, -0.2) is 0 Å². The third-order valence-corrected chi connectivity index (χ3v) is 4.19. The summed E-state index contributed by atoms with van der Waals surface area (Å²) >= 11 is 0. The molecule has 8 heteroatoms. The molecule has 0 atom stereocenters. The van der Waals surface area contributed by atoms with Gasteiger partial charge in [-0.15, -0.1) is 0 Å². The molecule has 1 N–H and O–H groups in total. The van der Waals surface area contributed by atoms with Gasteiger partial charge in [0.2, 0.25) is 0 Å². The van der Waals surface area contributed by atoms with E-state index < -0.39 is 29.3 Å². The number of hydrogen-bond donors (Lipinski definition) is 1. The van der Waals surface area contributed by atoms with E-state index in [1.165, 1.54) is 24.3 Å². The number of hydrogen-bond acceptors (Lipinski definition) is 4. The van der Waals surface area contributed by atoms with Crippen LogP contribution in [0.1, 0.15) is 23.6 Å². The Balaban J connectivity index is 1.85. The Hall–Kier alpha value is -3.29. The van der Waals surface area contributed by atoms with Crippen LogP contribution in [0.4, 0.5) is 13.2 Å². The highest BCUT2D eigenvalue weighted by molar-refractivity contribution is 6.34. The fourth-order valence-electron chi connectivity index (χ4n) is 2.88. The molecule has 2 aromatic rings. The number of carbonyl (C=O) groups is 2. The lowest BCUT2D eigenvalue weighted by atomic mass is 10.1. The summed E-state index contributed by atoms with van der Waals surface area (Å²) in [5.74, 6) is -1.90. The molecule has 28 heavy (non-hydrogen) atoms. The van der Waals surface area contributed by atoms with Gasteiger partial charge in [-0.3, -0.25) is 14.5 Å². The van der Waals surface area contributed by atoms with Crippen LogP contribution in [0.25, 0.3) is 5.57 Å². The van der Waals surface area contributed by atoms with Gasteiger partial charge in [0, 0.05) is 0 Å². The number of aliphatic hydroxyl groups excluding tert-OH is 1. The largest absolute Gasteiger partial charge is 0.502 e. The third kappa shape index (κ3) is 3.71. The maximum Gasteiger partial charge on any atom is 0.416 e. The van der Waals surface area contributed by atoms with Gasteiger partial charge < -0.3 is 9.84 Å². The summed E-state index contributed by atoms with van der Waals surface area (Å²) in [7, 11) is 0. The molecular weight excluding hydrogens is 375 g/mol. The van der Waals surface area contributed by atoms with Crippen molar-refractivity contribution in [1.82, 2.24) is 4.90 Å². The Morgan fingerprint density at radius 2 is 1.71 bits per heavy atom. The molecule has 0 unspecified atom stereocenters. The molecule has 0 saturated carbocycles. The number of carbonyl (C=O) groups excluding carboxylic acids is 2. The molecule has 1 heterocycles.